The molecule has 3 rings (SSSR count). The first kappa shape index (κ1) is 22.6. The molecule has 30 heavy (non-hydrogen) atoms. The number of ether oxygens (including phenoxy) is 1. The molecule has 1 aliphatic heterocycles. The summed E-state index contributed by atoms with van der Waals surface area (Å²) in [5, 5.41) is 3.05. The van der Waals surface area contributed by atoms with E-state index < -0.39 is 5.82 Å². The molecule has 1 heterocycles. The minimum absolute atomic E-state index is 0.0538. The molecule has 0 atom stereocenters. The highest BCUT2D eigenvalue weighted by Gasteiger charge is 2.45. The highest BCUT2D eigenvalue weighted by molar-refractivity contribution is 5.94. The van der Waals surface area contributed by atoms with E-state index in [1.165, 1.54) is 31.9 Å². The summed E-state index contributed by atoms with van der Waals surface area (Å²) in [6, 6.07) is 4.48. The lowest BCUT2D eigenvalue weighted by Crippen LogP contribution is -2.54. The van der Waals surface area contributed by atoms with Gasteiger partial charge in [-0.05, 0) is 89.7 Å². The molecular weight excluding hydrogens is 383 g/mol. The number of urea groups is 1. The van der Waals surface area contributed by atoms with E-state index in [0.717, 1.165) is 44.7 Å². The highest BCUT2D eigenvalue weighted by Crippen LogP contribution is 2.53. The van der Waals surface area contributed by atoms with Crippen molar-refractivity contribution in [1.29, 1.82) is 0 Å². The molecule has 2 fully saturated rings. The van der Waals surface area contributed by atoms with Gasteiger partial charge in [-0.3, -0.25) is 4.79 Å². The number of nitrogens with one attached hydrogen (secondary N) is 1. The zero-order valence-corrected chi connectivity index (χ0v) is 18.7. The van der Waals surface area contributed by atoms with Crippen molar-refractivity contribution in [3.8, 4) is 5.75 Å². The molecule has 2 amide bonds. The van der Waals surface area contributed by atoms with E-state index in [4.69, 9.17) is 4.74 Å². The third-order valence-corrected chi connectivity index (χ3v) is 6.38. The Morgan fingerprint density at radius 1 is 1.23 bits per heavy atom. The standard InChI is InChI=1S/C24H35FN2O3/c1-17(28)20-8-7-19(14-21(20)25)30-13-5-6-18-15-24(16-18)9-11-27(12-10-24)22(29)26-23(2,3)4/h7-8,14,18H,5-6,9-13,15-16H2,1-4H3,(H,26,29). The zero-order chi connectivity index (χ0) is 21.9. The molecule has 6 heteroatoms. The third-order valence-electron chi connectivity index (χ3n) is 6.38. The molecule has 166 valence electrons. The Kier molecular flexibility index (Phi) is 6.73. The second-order valence-electron chi connectivity index (χ2n) is 10.1. The van der Waals surface area contributed by atoms with Gasteiger partial charge in [-0.15, -0.1) is 0 Å². The summed E-state index contributed by atoms with van der Waals surface area (Å²) in [7, 11) is 0. The number of carbonyl (C=O) groups is 2. The van der Waals surface area contributed by atoms with E-state index >= 15 is 0 Å². The van der Waals surface area contributed by atoms with E-state index in [0.29, 0.717) is 17.8 Å². The van der Waals surface area contributed by atoms with E-state index in [9.17, 15) is 14.0 Å². The molecule has 0 bridgehead atoms. The number of Topliss-reactive ketones (excluding diaryl/α,β-unsaturated/α-hetero) is 1. The maximum atomic E-state index is 13.8. The van der Waals surface area contributed by atoms with Crippen LogP contribution in [0.2, 0.25) is 0 Å². The number of rotatable bonds is 6. The molecule has 1 saturated heterocycles. The van der Waals surface area contributed by atoms with Gasteiger partial charge in [-0.25, -0.2) is 9.18 Å². The summed E-state index contributed by atoms with van der Waals surface area (Å²) in [5.74, 6) is 0.394. The van der Waals surface area contributed by atoms with Crippen LogP contribution in [0.25, 0.3) is 0 Å². The summed E-state index contributed by atoms with van der Waals surface area (Å²) < 4.78 is 19.5. The number of ketones is 1. The molecule has 0 unspecified atom stereocenters. The molecule has 2 aliphatic rings. The van der Waals surface area contributed by atoms with Crippen LogP contribution < -0.4 is 10.1 Å². The fourth-order valence-corrected chi connectivity index (χ4v) is 4.79. The smallest absolute Gasteiger partial charge is 0.317 e. The summed E-state index contributed by atoms with van der Waals surface area (Å²) in [6.45, 7) is 9.63. The number of likely N-dealkylation sites (tertiary alicyclic amines) is 1. The van der Waals surface area contributed by atoms with Gasteiger partial charge in [-0.1, -0.05) is 0 Å². The lowest BCUT2D eigenvalue weighted by atomic mass is 9.56. The highest BCUT2D eigenvalue weighted by atomic mass is 19.1. The number of benzene rings is 1. The number of piperidine rings is 1. The number of carbonyl (C=O) groups excluding carboxylic acids is 2. The normalized spacial score (nSPS) is 18.8. The first-order chi connectivity index (χ1) is 14.1. The number of hydrogen-bond acceptors (Lipinski definition) is 3. The first-order valence-corrected chi connectivity index (χ1v) is 11.1. The Bertz CT molecular complexity index is 771. The molecule has 1 aromatic carbocycles. The van der Waals surface area contributed by atoms with E-state index in [1.807, 2.05) is 25.7 Å². The van der Waals surface area contributed by atoms with Crippen LogP contribution in [-0.2, 0) is 0 Å². The van der Waals surface area contributed by atoms with Crippen LogP contribution in [0.1, 0.15) is 76.6 Å². The minimum atomic E-state index is -0.525. The second kappa shape index (κ2) is 8.94. The van der Waals surface area contributed by atoms with Gasteiger partial charge in [0.15, 0.2) is 5.78 Å². The minimum Gasteiger partial charge on any atom is -0.493 e. The number of amides is 2. The van der Waals surface area contributed by atoms with Crippen LogP contribution in [0.5, 0.6) is 5.75 Å². The number of hydrogen-bond donors (Lipinski definition) is 1. The van der Waals surface area contributed by atoms with Crippen molar-refractivity contribution in [2.75, 3.05) is 19.7 Å². The molecule has 1 aliphatic carbocycles. The van der Waals surface area contributed by atoms with Crippen molar-refractivity contribution in [2.24, 2.45) is 11.3 Å². The van der Waals surface area contributed by atoms with Gasteiger partial charge in [0.25, 0.3) is 0 Å². The maximum Gasteiger partial charge on any atom is 0.317 e. The molecule has 0 radical (unpaired) electrons. The van der Waals surface area contributed by atoms with Gasteiger partial charge < -0.3 is 15.0 Å². The number of halogens is 1. The summed E-state index contributed by atoms with van der Waals surface area (Å²) >= 11 is 0. The average molecular weight is 419 g/mol. The van der Waals surface area contributed by atoms with Gasteiger partial charge in [0.05, 0.1) is 12.2 Å². The maximum absolute atomic E-state index is 13.8. The fraction of sp³-hybridized carbons (Fsp3) is 0.667. The second-order valence-corrected chi connectivity index (χ2v) is 10.1. The van der Waals surface area contributed by atoms with E-state index in [1.54, 1.807) is 6.07 Å². The van der Waals surface area contributed by atoms with Crippen molar-refractivity contribution in [1.82, 2.24) is 10.2 Å². The van der Waals surface area contributed by atoms with Crippen molar-refractivity contribution >= 4 is 11.8 Å². The quantitative estimate of drug-likeness (QED) is 0.511. The van der Waals surface area contributed by atoms with Crippen molar-refractivity contribution in [3.05, 3.63) is 29.6 Å². The van der Waals surface area contributed by atoms with Crippen LogP contribution >= 0.6 is 0 Å². The predicted molar refractivity (Wildman–Crippen MR) is 115 cm³/mol. The fourth-order valence-electron chi connectivity index (χ4n) is 4.79. The Morgan fingerprint density at radius 3 is 2.47 bits per heavy atom. The predicted octanol–water partition coefficient (Wildman–Crippen LogP) is 5.19. The molecule has 0 aromatic heterocycles. The van der Waals surface area contributed by atoms with Gasteiger partial charge in [0.1, 0.15) is 11.6 Å². The van der Waals surface area contributed by atoms with Crippen molar-refractivity contribution in [2.45, 2.75) is 71.8 Å². The first-order valence-electron chi connectivity index (χ1n) is 11.1. The Labute approximate surface area is 179 Å². The van der Waals surface area contributed by atoms with Crippen molar-refractivity contribution < 1.29 is 18.7 Å². The van der Waals surface area contributed by atoms with Crippen LogP contribution in [0.15, 0.2) is 18.2 Å². The molecule has 1 saturated carbocycles. The van der Waals surface area contributed by atoms with E-state index in [-0.39, 0.29) is 22.9 Å². The average Bonchev–Trinajstić information content (AvgIpc) is 2.62. The summed E-state index contributed by atoms with van der Waals surface area (Å²) in [4.78, 5) is 25.6. The van der Waals surface area contributed by atoms with Crippen molar-refractivity contribution in [3.63, 3.8) is 0 Å². The van der Waals surface area contributed by atoms with Crippen LogP contribution in [0.4, 0.5) is 9.18 Å². The van der Waals surface area contributed by atoms with Crippen LogP contribution in [-0.4, -0.2) is 41.9 Å². The SMILES string of the molecule is CC(=O)c1ccc(OCCCC2CC3(CCN(C(=O)NC(C)(C)C)CC3)C2)cc1F. The van der Waals surface area contributed by atoms with Gasteiger partial charge in [-0.2, -0.15) is 0 Å². The largest absolute Gasteiger partial charge is 0.493 e. The Morgan fingerprint density at radius 2 is 1.90 bits per heavy atom. The molecule has 1 spiro atoms. The van der Waals surface area contributed by atoms with Gasteiger partial charge in [0, 0.05) is 24.7 Å². The lowest BCUT2D eigenvalue weighted by molar-refractivity contribution is -0.00891. The van der Waals surface area contributed by atoms with Crippen LogP contribution in [0, 0.1) is 17.2 Å². The summed E-state index contributed by atoms with van der Waals surface area (Å²) in [6.07, 6.45) is 6.73. The molecule has 5 nitrogen and oxygen atoms in total. The van der Waals surface area contributed by atoms with E-state index in [2.05, 4.69) is 5.32 Å². The Balaban J connectivity index is 1.33. The molecule has 1 N–H and O–H groups in total. The molecule has 1 aromatic rings. The van der Waals surface area contributed by atoms with Crippen LogP contribution in [0.3, 0.4) is 0 Å². The third kappa shape index (κ3) is 5.73. The lowest BCUT2D eigenvalue weighted by Gasteiger charge is -2.52. The monoisotopic (exact) mass is 418 g/mol. The number of nitrogens with zero attached hydrogens (tertiary/aromatic N) is 1. The molecular formula is C24H35FN2O3. The zero-order valence-electron chi connectivity index (χ0n) is 18.7. The van der Waals surface area contributed by atoms with Gasteiger partial charge >= 0.3 is 6.03 Å². The van der Waals surface area contributed by atoms with Gasteiger partial charge in [0.2, 0.25) is 0 Å². The Hall–Kier alpha value is -2.11. The topological polar surface area (TPSA) is 58.6 Å². The summed E-state index contributed by atoms with van der Waals surface area (Å²) in [5.41, 5.74) is 0.330.